The molecule has 1 fully saturated rings. The Bertz CT molecular complexity index is 914. The molecule has 2 aliphatic rings. The van der Waals surface area contributed by atoms with Gasteiger partial charge < -0.3 is 15.9 Å². The number of benzene rings is 1. The minimum atomic E-state index is -1.57. The zero-order chi connectivity index (χ0) is 21.3. The summed E-state index contributed by atoms with van der Waals surface area (Å²) in [5.41, 5.74) is 6.01. The van der Waals surface area contributed by atoms with Gasteiger partial charge in [-0.15, -0.1) is 0 Å². The Kier molecular flexibility index (Phi) is 6.12. The fourth-order valence-corrected chi connectivity index (χ4v) is 4.51. The van der Waals surface area contributed by atoms with E-state index in [0.29, 0.717) is 34.8 Å². The molecule has 1 aromatic rings. The number of piperidine rings is 1. The number of nitrogens with zero attached hydrogens (tertiary/aromatic N) is 1. The minimum absolute atomic E-state index is 0.0561. The fraction of sp³-hybridized carbons (Fsp3) is 0.429. The minimum Gasteiger partial charge on any atom is -0.480 e. The van der Waals surface area contributed by atoms with E-state index in [1.54, 1.807) is 17.9 Å². The van der Waals surface area contributed by atoms with Crippen LogP contribution >= 0.6 is 11.6 Å². The Morgan fingerprint density at radius 1 is 1.38 bits per heavy atom. The van der Waals surface area contributed by atoms with Crippen molar-refractivity contribution >= 4 is 23.5 Å². The number of aliphatic carboxylic acids is 2. The summed E-state index contributed by atoms with van der Waals surface area (Å²) in [5.74, 6) is -2.76. The van der Waals surface area contributed by atoms with Crippen LogP contribution in [0.2, 0.25) is 5.02 Å². The van der Waals surface area contributed by atoms with E-state index in [4.69, 9.17) is 17.3 Å². The van der Waals surface area contributed by atoms with Crippen molar-refractivity contribution in [2.75, 3.05) is 13.1 Å². The van der Waals surface area contributed by atoms with E-state index < -0.39 is 23.3 Å². The van der Waals surface area contributed by atoms with Crippen molar-refractivity contribution < 1.29 is 24.2 Å². The molecule has 3 rings (SSSR count). The Balaban J connectivity index is 2.15. The molecule has 0 aromatic heterocycles. The molecule has 2 atom stereocenters. The summed E-state index contributed by atoms with van der Waals surface area (Å²) in [6.45, 7) is 2.47. The lowest BCUT2D eigenvalue weighted by Gasteiger charge is -2.47. The topological polar surface area (TPSA) is 104 Å². The molecule has 2 unspecified atom stereocenters. The first-order chi connectivity index (χ1) is 13.6. The van der Waals surface area contributed by atoms with Gasteiger partial charge in [-0.3, -0.25) is 4.90 Å². The largest absolute Gasteiger partial charge is 0.480 e. The second-order valence-electron chi connectivity index (χ2n) is 7.74. The highest BCUT2D eigenvalue weighted by Gasteiger charge is 2.51. The van der Waals surface area contributed by atoms with E-state index in [2.05, 4.69) is 0 Å². The summed E-state index contributed by atoms with van der Waals surface area (Å²) in [4.78, 5) is 26.2. The molecule has 8 heteroatoms. The van der Waals surface area contributed by atoms with Crippen LogP contribution in [0.5, 0.6) is 0 Å². The molecule has 156 valence electrons. The zero-order valence-electron chi connectivity index (χ0n) is 16.1. The van der Waals surface area contributed by atoms with Gasteiger partial charge in [0.05, 0.1) is 0 Å². The van der Waals surface area contributed by atoms with Crippen molar-refractivity contribution in [2.24, 2.45) is 5.73 Å². The van der Waals surface area contributed by atoms with Gasteiger partial charge in [0.15, 0.2) is 0 Å². The highest BCUT2D eigenvalue weighted by atomic mass is 35.5. The maximum atomic E-state index is 13.8. The molecule has 1 heterocycles. The van der Waals surface area contributed by atoms with E-state index >= 15 is 0 Å². The number of rotatable bonds is 5. The Hall–Kier alpha value is -2.22. The number of allylic oxidation sites excluding steroid dienone is 2. The first-order valence-electron chi connectivity index (χ1n) is 9.47. The fourth-order valence-electron chi connectivity index (χ4n) is 4.32. The van der Waals surface area contributed by atoms with Crippen LogP contribution in [0, 0.1) is 5.82 Å². The number of likely N-dealkylation sites (tertiary alicyclic amines) is 1. The highest BCUT2D eigenvalue weighted by molar-refractivity contribution is 6.31. The molecule has 1 saturated heterocycles. The number of hydrogen-bond acceptors (Lipinski definition) is 4. The molecule has 29 heavy (non-hydrogen) atoms. The zero-order valence-corrected chi connectivity index (χ0v) is 16.9. The van der Waals surface area contributed by atoms with Crippen molar-refractivity contribution in [3.05, 3.63) is 57.4 Å². The first-order valence-corrected chi connectivity index (χ1v) is 9.85. The van der Waals surface area contributed by atoms with Crippen LogP contribution in [0.4, 0.5) is 4.39 Å². The number of nitrogens with two attached hydrogens (primary N) is 1. The molecule has 6 nitrogen and oxygen atoms in total. The van der Waals surface area contributed by atoms with Crippen LogP contribution in [0.25, 0.3) is 0 Å². The maximum Gasteiger partial charge on any atom is 0.331 e. The van der Waals surface area contributed by atoms with E-state index in [-0.39, 0.29) is 24.5 Å². The second-order valence-corrected chi connectivity index (χ2v) is 8.15. The third-order valence-corrected chi connectivity index (χ3v) is 6.20. The standard InChI is InChI=1S/C21H24ClFN2O4/c1-12-7-14(8-13-9-15(23)4-5-18(13)22)21(20(28)29,10-17(12)19(26)27)25-6-2-3-16(24)11-25/h4-5,7,9,16H,2-3,6,8,10-11,24H2,1H3,(H,26,27)(H,28,29). The van der Waals surface area contributed by atoms with E-state index in [0.717, 1.165) is 12.8 Å². The SMILES string of the molecule is CC1=C(C(=O)O)CC(C(=O)O)(N2CCCC(N)C2)C(Cc2cc(F)ccc2Cl)=C1. The van der Waals surface area contributed by atoms with Crippen LogP contribution in [0.15, 0.2) is 41.0 Å². The third-order valence-electron chi connectivity index (χ3n) is 5.83. The summed E-state index contributed by atoms with van der Waals surface area (Å²) in [5, 5.41) is 20.3. The smallest absolute Gasteiger partial charge is 0.331 e. The first kappa shape index (κ1) is 21.5. The van der Waals surface area contributed by atoms with Crippen molar-refractivity contribution in [1.82, 2.24) is 4.90 Å². The predicted molar refractivity (Wildman–Crippen MR) is 107 cm³/mol. The summed E-state index contributed by atoms with van der Waals surface area (Å²) in [6, 6.07) is 3.76. The van der Waals surface area contributed by atoms with Gasteiger partial charge in [0.1, 0.15) is 11.4 Å². The average molecular weight is 423 g/mol. The Morgan fingerprint density at radius 3 is 2.72 bits per heavy atom. The molecule has 0 bridgehead atoms. The van der Waals surface area contributed by atoms with Crippen LogP contribution in [-0.2, 0) is 16.0 Å². The Labute approximate surface area is 173 Å². The molecule has 1 aliphatic carbocycles. The molecule has 0 spiro atoms. The number of hydrogen-bond donors (Lipinski definition) is 3. The van der Waals surface area contributed by atoms with Crippen LogP contribution < -0.4 is 5.73 Å². The molecular formula is C21H24ClFN2O4. The average Bonchev–Trinajstić information content (AvgIpc) is 2.64. The van der Waals surface area contributed by atoms with Gasteiger partial charge in [-0.25, -0.2) is 14.0 Å². The number of carboxylic acids is 2. The highest BCUT2D eigenvalue weighted by Crippen LogP contribution is 2.41. The molecule has 1 aromatic carbocycles. The van der Waals surface area contributed by atoms with Crippen molar-refractivity contribution in [1.29, 1.82) is 0 Å². The van der Waals surface area contributed by atoms with Crippen LogP contribution in [0.1, 0.15) is 31.7 Å². The third kappa shape index (κ3) is 4.08. The van der Waals surface area contributed by atoms with Gasteiger partial charge in [-0.1, -0.05) is 17.7 Å². The quantitative estimate of drug-likeness (QED) is 0.673. The maximum absolute atomic E-state index is 13.8. The van der Waals surface area contributed by atoms with Crippen molar-refractivity contribution in [3.8, 4) is 0 Å². The summed E-state index contributed by atoms with van der Waals surface area (Å²) >= 11 is 6.23. The molecule has 0 amide bonds. The monoisotopic (exact) mass is 422 g/mol. The molecule has 1 aliphatic heterocycles. The van der Waals surface area contributed by atoms with Gasteiger partial charge in [0.25, 0.3) is 0 Å². The van der Waals surface area contributed by atoms with Crippen molar-refractivity contribution in [2.45, 2.75) is 44.2 Å². The van der Waals surface area contributed by atoms with Crippen molar-refractivity contribution in [3.63, 3.8) is 0 Å². The van der Waals surface area contributed by atoms with Gasteiger partial charge in [0, 0.05) is 29.6 Å². The molecule has 0 saturated carbocycles. The predicted octanol–water partition coefficient (Wildman–Crippen LogP) is 3.00. The second kappa shape index (κ2) is 8.26. The van der Waals surface area contributed by atoms with Crippen LogP contribution in [-0.4, -0.2) is 51.7 Å². The summed E-state index contributed by atoms with van der Waals surface area (Å²) in [6.07, 6.45) is 3.01. The van der Waals surface area contributed by atoms with E-state index in [9.17, 15) is 24.2 Å². The summed E-state index contributed by atoms with van der Waals surface area (Å²) in [7, 11) is 0. The lowest BCUT2D eigenvalue weighted by atomic mass is 9.73. The van der Waals surface area contributed by atoms with E-state index in [1.165, 1.54) is 18.2 Å². The normalized spacial score (nSPS) is 25.7. The van der Waals surface area contributed by atoms with Gasteiger partial charge >= 0.3 is 11.9 Å². The lowest BCUT2D eigenvalue weighted by Crippen LogP contribution is -2.62. The molecule has 0 radical (unpaired) electrons. The number of carboxylic acid groups (broad SMARTS) is 2. The molecular weight excluding hydrogens is 399 g/mol. The lowest BCUT2D eigenvalue weighted by molar-refractivity contribution is -0.150. The number of halogens is 2. The number of carbonyl (C=O) groups is 2. The van der Waals surface area contributed by atoms with Gasteiger partial charge in [-0.2, -0.15) is 0 Å². The van der Waals surface area contributed by atoms with Gasteiger partial charge in [-0.05, 0) is 67.6 Å². The molecule has 4 N–H and O–H groups in total. The summed E-state index contributed by atoms with van der Waals surface area (Å²) < 4.78 is 13.8. The van der Waals surface area contributed by atoms with Gasteiger partial charge in [0.2, 0.25) is 0 Å². The Morgan fingerprint density at radius 2 is 2.10 bits per heavy atom. The van der Waals surface area contributed by atoms with E-state index in [1.807, 2.05) is 0 Å². The van der Waals surface area contributed by atoms with Crippen LogP contribution in [0.3, 0.4) is 0 Å².